The Kier molecular flexibility index (Phi) is 6.30. The summed E-state index contributed by atoms with van der Waals surface area (Å²) in [5, 5.41) is 3.34. The fourth-order valence-corrected chi connectivity index (χ4v) is 3.97. The van der Waals surface area contributed by atoms with E-state index in [4.69, 9.17) is 27.9 Å². The maximum Gasteiger partial charge on any atom is 0.254 e. The van der Waals surface area contributed by atoms with Crippen LogP contribution in [0.3, 0.4) is 0 Å². The van der Waals surface area contributed by atoms with Crippen LogP contribution in [0.1, 0.15) is 34.5 Å². The number of hydrogen-bond acceptors (Lipinski definition) is 5. The van der Waals surface area contributed by atoms with Crippen molar-refractivity contribution < 1.29 is 14.3 Å². The number of ether oxygens (including phenoxy) is 1. The van der Waals surface area contributed by atoms with Crippen LogP contribution in [0.15, 0.2) is 48.7 Å². The van der Waals surface area contributed by atoms with Crippen molar-refractivity contribution in [3.63, 3.8) is 0 Å². The van der Waals surface area contributed by atoms with Gasteiger partial charge in [0.15, 0.2) is 0 Å². The molecule has 1 unspecified atom stereocenters. The third-order valence-corrected chi connectivity index (χ3v) is 5.74. The minimum atomic E-state index is -0.243. The molecule has 2 aromatic carbocycles. The molecule has 9 heteroatoms. The first-order valence-electron chi connectivity index (χ1n) is 9.89. The fraction of sp³-hybridized carbons (Fsp3) is 0.217. The van der Waals surface area contributed by atoms with E-state index < -0.39 is 0 Å². The van der Waals surface area contributed by atoms with Crippen molar-refractivity contribution in [2.75, 3.05) is 13.7 Å². The summed E-state index contributed by atoms with van der Waals surface area (Å²) in [5.74, 6) is 0.254. The van der Waals surface area contributed by atoms with Crippen molar-refractivity contribution in [1.82, 2.24) is 20.2 Å². The standard InChI is InChI=1S/C23H20Cl2N4O3/c1-13(14-4-3-5-17(8-14)32-2)27-20(30)12-29-11-16-7-6-15(9-18(16)22(29)31)21-19(24)10-26-23(25)28-21/h3-10,13H,11-12H2,1-2H3,(H,27,30). The van der Waals surface area contributed by atoms with Crippen LogP contribution in [0.25, 0.3) is 11.3 Å². The predicted octanol–water partition coefficient (Wildman–Crippen LogP) is 4.29. The topological polar surface area (TPSA) is 84.4 Å². The summed E-state index contributed by atoms with van der Waals surface area (Å²) in [6.07, 6.45) is 1.42. The molecule has 3 aromatic rings. The van der Waals surface area contributed by atoms with Gasteiger partial charge in [-0.25, -0.2) is 9.97 Å². The third-order valence-electron chi connectivity index (χ3n) is 5.28. The molecule has 32 heavy (non-hydrogen) atoms. The van der Waals surface area contributed by atoms with Gasteiger partial charge in [-0.05, 0) is 47.9 Å². The number of fused-ring (bicyclic) bond motifs is 1. The van der Waals surface area contributed by atoms with Gasteiger partial charge in [-0.2, -0.15) is 0 Å². The Bertz CT molecular complexity index is 1200. The van der Waals surface area contributed by atoms with Gasteiger partial charge >= 0.3 is 0 Å². The second-order valence-corrected chi connectivity index (χ2v) is 8.18. The average molecular weight is 471 g/mol. The summed E-state index contributed by atoms with van der Waals surface area (Å²) in [5.41, 5.74) is 3.37. The van der Waals surface area contributed by atoms with Crippen molar-refractivity contribution >= 4 is 35.0 Å². The predicted molar refractivity (Wildman–Crippen MR) is 122 cm³/mol. The Morgan fingerprint density at radius 2 is 2.06 bits per heavy atom. The first-order chi connectivity index (χ1) is 15.4. The molecule has 164 valence electrons. The van der Waals surface area contributed by atoms with Crippen LogP contribution in [-0.2, 0) is 11.3 Å². The number of nitrogens with zero attached hydrogens (tertiary/aromatic N) is 3. The molecular weight excluding hydrogens is 451 g/mol. The van der Waals surface area contributed by atoms with Gasteiger partial charge < -0.3 is 15.0 Å². The number of halogens is 2. The maximum absolute atomic E-state index is 12.9. The molecule has 0 saturated carbocycles. The highest BCUT2D eigenvalue weighted by Gasteiger charge is 2.29. The van der Waals surface area contributed by atoms with Gasteiger partial charge in [0.2, 0.25) is 11.2 Å². The first kappa shape index (κ1) is 22.0. The lowest BCUT2D eigenvalue weighted by atomic mass is 10.0. The van der Waals surface area contributed by atoms with Crippen LogP contribution in [0.5, 0.6) is 5.75 Å². The number of rotatable bonds is 6. The molecule has 0 spiro atoms. The Balaban J connectivity index is 1.45. The molecule has 0 saturated heterocycles. The lowest BCUT2D eigenvalue weighted by Gasteiger charge is -2.19. The van der Waals surface area contributed by atoms with E-state index in [0.29, 0.717) is 28.4 Å². The highest BCUT2D eigenvalue weighted by molar-refractivity contribution is 6.33. The van der Waals surface area contributed by atoms with Gasteiger partial charge in [-0.15, -0.1) is 0 Å². The van der Waals surface area contributed by atoms with Crippen molar-refractivity contribution in [3.8, 4) is 17.0 Å². The summed E-state index contributed by atoms with van der Waals surface area (Å²) in [7, 11) is 1.59. The van der Waals surface area contributed by atoms with Crippen molar-refractivity contribution in [1.29, 1.82) is 0 Å². The number of hydrogen-bond donors (Lipinski definition) is 1. The molecule has 0 bridgehead atoms. The molecule has 4 rings (SSSR count). The summed E-state index contributed by atoms with van der Waals surface area (Å²) in [4.78, 5) is 35.1. The second kappa shape index (κ2) is 9.14. The van der Waals surface area contributed by atoms with Gasteiger partial charge in [0.05, 0.1) is 30.1 Å². The zero-order valence-electron chi connectivity index (χ0n) is 17.4. The summed E-state index contributed by atoms with van der Waals surface area (Å²) < 4.78 is 5.23. The van der Waals surface area contributed by atoms with E-state index in [1.54, 1.807) is 13.2 Å². The van der Waals surface area contributed by atoms with Gasteiger partial charge in [0.25, 0.3) is 5.91 Å². The van der Waals surface area contributed by atoms with E-state index in [9.17, 15) is 9.59 Å². The lowest BCUT2D eigenvalue weighted by Crippen LogP contribution is -2.38. The number of methoxy groups -OCH3 is 1. The Morgan fingerprint density at radius 1 is 1.25 bits per heavy atom. The van der Waals surface area contributed by atoms with E-state index in [1.165, 1.54) is 11.1 Å². The summed E-state index contributed by atoms with van der Waals surface area (Å²) in [6.45, 7) is 2.20. The van der Waals surface area contributed by atoms with Crippen LogP contribution in [0.2, 0.25) is 10.3 Å². The van der Waals surface area contributed by atoms with Gasteiger partial charge in [-0.3, -0.25) is 9.59 Å². The normalized spacial score (nSPS) is 13.6. The molecule has 1 aliphatic rings. The van der Waals surface area contributed by atoms with E-state index in [2.05, 4.69) is 15.3 Å². The van der Waals surface area contributed by atoms with Crippen LogP contribution in [0.4, 0.5) is 0 Å². The number of aromatic nitrogens is 2. The van der Waals surface area contributed by atoms with Crippen LogP contribution in [0, 0.1) is 0 Å². The third kappa shape index (κ3) is 4.54. The van der Waals surface area contributed by atoms with Crippen LogP contribution in [-0.4, -0.2) is 40.3 Å². The second-order valence-electron chi connectivity index (χ2n) is 7.43. The van der Waals surface area contributed by atoms with E-state index in [0.717, 1.165) is 16.9 Å². The molecule has 0 fully saturated rings. The van der Waals surface area contributed by atoms with Crippen molar-refractivity contribution in [2.24, 2.45) is 0 Å². The molecular formula is C23H20Cl2N4O3. The van der Waals surface area contributed by atoms with Crippen molar-refractivity contribution in [2.45, 2.75) is 19.5 Å². The zero-order valence-corrected chi connectivity index (χ0v) is 18.9. The number of carbonyl (C=O) groups is 2. The van der Waals surface area contributed by atoms with Crippen LogP contribution >= 0.6 is 23.2 Å². The molecule has 1 atom stereocenters. The number of nitrogens with one attached hydrogen (secondary N) is 1. The number of benzene rings is 2. The minimum Gasteiger partial charge on any atom is -0.497 e. The lowest BCUT2D eigenvalue weighted by molar-refractivity contribution is -0.122. The van der Waals surface area contributed by atoms with Gasteiger partial charge in [0, 0.05) is 17.7 Å². The molecule has 0 aliphatic carbocycles. The van der Waals surface area contributed by atoms with Crippen molar-refractivity contribution in [3.05, 3.63) is 75.7 Å². The highest BCUT2D eigenvalue weighted by Crippen LogP contribution is 2.31. The fourth-order valence-electron chi connectivity index (χ4n) is 3.64. The quantitative estimate of drug-likeness (QED) is 0.543. The average Bonchev–Trinajstić information content (AvgIpc) is 3.09. The molecule has 0 radical (unpaired) electrons. The van der Waals surface area contributed by atoms with E-state index >= 15 is 0 Å². The Hall–Kier alpha value is -3.16. The molecule has 2 heterocycles. The minimum absolute atomic E-state index is 0.0444. The summed E-state index contributed by atoms with van der Waals surface area (Å²) >= 11 is 12.1. The molecule has 1 aliphatic heterocycles. The Labute approximate surface area is 195 Å². The molecule has 1 N–H and O–H groups in total. The number of carbonyl (C=O) groups excluding carboxylic acids is 2. The highest BCUT2D eigenvalue weighted by atomic mass is 35.5. The monoisotopic (exact) mass is 470 g/mol. The van der Waals surface area contributed by atoms with E-state index in [1.807, 2.05) is 43.3 Å². The maximum atomic E-state index is 12.9. The number of amides is 2. The smallest absolute Gasteiger partial charge is 0.254 e. The van der Waals surface area contributed by atoms with Gasteiger partial charge in [-0.1, -0.05) is 35.9 Å². The van der Waals surface area contributed by atoms with E-state index in [-0.39, 0.29) is 29.7 Å². The Morgan fingerprint density at radius 3 is 2.84 bits per heavy atom. The van der Waals surface area contributed by atoms with Gasteiger partial charge in [0.1, 0.15) is 12.3 Å². The summed E-state index contributed by atoms with van der Waals surface area (Å²) in [6, 6.07) is 12.6. The molecule has 1 aromatic heterocycles. The largest absolute Gasteiger partial charge is 0.497 e. The van der Waals surface area contributed by atoms with Crippen LogP contribution < -0.4 is 10.1 Å². The first-order valence-corrected chi connectivity index (χ1v) is 10.6. The SMILES string of the molecule is COc1cccc(C(C)NC(=O)CN2Cc3ccc(-c4nc(Cl)ncc4Cl)cc3C2=O)c1. The molecule has 7 nitrogen and oxygen atoms in total. The zero-order chi connectivity index (χ0) is 22.8. The molecule has 2 amide bonds.